The van der Waals surface area contributed by atoms with Gasteiger partial charge in [-0.15, -0.1) is 0 Å². The largest absolute Gasteiger partial charge is 0.340 e. The summed E-state index contributed by atoms with van der Waals surface area (Å²) in [7, 11) is 0. The Balaban J connectivity index is 1.46. The molecule has 29 heavy (non-hydrogen) atoms. The van der Waals surface area contributed by atoms with Gasteiger partial charge < -0.3 is 15.1 Å². The standard InChI is InChI=1S/C24H29N3O2/c1-19-9-11-21(12-10-19)25-23(29)27-17-6-15-24(27)14-5-16-26(22(24)28)18-13-20-7-3-2-4-8-20/h2-4,7-12H,5-6,13-18H2,1H3,(H,25,29). The lowest BCUT2D eigenvalue weighted by Gasteiger charge is -2.44. The normalized spacial score (nSPS) is 21.6. The van der Waals surface area contributed by atoms with Crippen LogP contribution in [0.3, 0.4) is 0 Å². The summed E-state index contributed by atoms with van der Waals surface area (Å²) >= 11 is 0. The molecule has 5 heteroatoms. The maximum Gasteiger partial charge on any atom is 0.322 e. The highest BCUT2D eigenvalue weighted by Gasteiger charge is 2.52. The average molecular weight is 392 g/mol. The van der Waals surface area contributed by atoms with E-state index in [0.29, 0.717) is 13.1 Å². The van der Waals surface area contributed by atoms with E-state index in [0.717, 1.165) is 49.9 Å². The van der Waals surface area contributed by atoms with E-state index in [1.807, 2.05) is 54.3 Å². The molecule has 1 atom stereocenters. The first-order valence-electron chi connectivity index (χ1n) is 10.6. The molecule has 0 bridgehead atoms. The zero-order valence-electron chi connectivity index (χ0n) is 17.1. The van der Waals surface area contributed by atoms with Gasteiger partial charge >= 0.3 is 6.03 Å². The highest BCUT2D eigenvalue weighted by Crippen LogP contribution is 2.38. The Hall–Kier alpha value is -2.82. The predicted octanol–water partition coefficient (Wildman–Crippen LogP) is 4.23. The van der Waals surface area contributed by atoms with E-state index in [1.54, 1.807) is 4.90 Å². The summed E-state index contributed by atoms with van der Waals surface area (Å²) in [5.74, 6) is 0.122. The van der Waals surface area contributed by atoms with Crippen LogP contribution in [0, 0.1) is 6.92 Å². The number of amides is 3. The van der Waals surface area contributed by atoms with Gasteiger partial charge in [-0.25, -0.2) is 4.79 Å². The first kappa shape index (κ1) is 19.5. The topological polar surface area (TPSA) is 52.7 Å². The van der Waals surface area contributed by atoms with Gasteiger partial charge in [0.15, 0.2) is 0 Å². The van der Waals surface area contributed by atoms with Crippen LogP contribution in [0.1, 0.15) is 36.8 Å². The number of carbonyl (C=O) groups excluding carboxylic acids is 2. The molecule has 2 aromatic rings. The van der Waals surface area contributed by atoms with E-state index in [2.05, 4.69) is 17.4 Å². The minimum atomic E-state index is -0.677. The Morgan fingerprint density at radius 1 is 1.00 bits per heavy atom. The van der Waals surface area contributed by atoms with Crippen molar-refractivity contribution in [3.8, 4) is 0 Å². The number of carbonyl (C=O) groups is 2. The summed E-state index contributed by atoms with van der Waals surface area (Å²) in [4.78, 5) is 30.3. The van der Waals surface area contributed by atoms with Crippen molar-refractivity contribution in [2.24, 2.45) is 0 Å². The van der Waals surface area contributed by atoms with E-state index < -0.39 is 5.54 Å². The van der Waals surface area contributed by atoms with Crippen LogP contribution in [0.2, 0.25) is 0 Å². The van der Waals surface area contributed by atoms with Crippen LogP contribution < -0.4 is 5.32 Å². The third-order valence-corrected chi connectivity index (χ3v) is 6.25. The minimum absolute atomic E-state index is 0.122. The molecule has 4 rings (SSSR count). The van der Waals surface area contributed by atoms with Crippen LogP contribution in [0.4, 0.5) is 10.5 Å². The molecule has 2 aromatic carbocycles. The van der Waals surface area contributed by atoms with Gasteiger partial charge in [-0.3, -0.25) is 4.79 Å². The van der Waals surface area contributed by atoms with E-state index in [-0.39, 0.29) is 11.9 Å². The quantitative estimate of drug-likeness (QED) is 0.848. The Morgan fingerprint density at radius 3 is 2.41 bits per heavy atom. The number of likely N-dealkylation sites (tertiary alicyclic amines) is 2. The number of hydrogen-bond acceptors (Lipinski definition) is 2. The van der Waals surface area contributed by atoms with Gasteiger partial charge in [0, 0.05) is 25.3 Å². The Bertz CT molecular complexity index is 865. The van der Waals surface area contributed by atoms with Gasteiger partial charge in [0.2, 0.25) is 5.91 Å². The highest BCUT2D eigenvalue weighted by atomic mass is 16.2. The molecule has 1 spiro atoms. The molecular formula is C24H29N3O2. The molecule has 5 nitrogen and oxygen atoms in total. The summed E-state index contributed by atoms with van der Waals surface area (Å²) in [6.07, 6.45) is 4.18. The number of urea groups is 1. The minimum Gasteiger partial charge on any atom is -0.340 e. The van der Waals surface area contributed by atoms with Crippen molar-refractivity contribution < 1.29 is 9.59 Å². The van der Waals surface area contributed by atoms with Crippen molar-refractivity contribution in [1.29, 1.82) is 0 Å². The molecule has 2 saturated heterocycles. The van der Waals surface area contributed by atoms with Gasteiger partial charge in [0.1, 0.15) is 5.54 Å². The second-order valence-electron chi connectivity index (χ2n) is 8.21. The van der Waals surface area contributed by atoms with Gasteiger partial charge in [-0.2, -0.15) is 0 Å². The van der Waals surface area contributed by atoms with Crippen molar-refractivity contribution in [2.45, 2.75) is 44.6 Å². The number of nitrogens with zero attached hydrogens (tertiary/aromatic N) is 2. The van der Waals surface area contributed by atoms with Crippen LogP contribution in [0.5, 0.6) is 0 Å². The van der Waals surface area contributed by atoms with Crippen LogP contribution in [0.25, 0.3) is 0 Å². The first-order valence-corrected chi connectivity index (χ1v) is 10.6. The van der Waals surface area contributed by atoms with Gasteiger partial charge in [-0.05, 0) is 56.7 Å². The smallest absolute Gasteiger partial charge is 0.322 e. The second kappa shape index (κ2) is 8.27. The number of anilines is 1. The van der Waals surface area contributed by atoms with E-state index in [1.165, 1.54) is 5.56 Å². The van der Waals surface area contributed by atoms with Crippen molar-refractivity contribution in [3.63, 3.8) is 0 Å². The second-order valence-corrected chi connectivity index (χ2v) is 8.21. The number of aryl methyl sites for hydroxylation is 1. The zero-order valence-corrected chi connectivity index (χ0v) is 17.1. The molecule has 0 aliphatic carbocycles. The molecule has 2 fully saturated rings. The maximum atomic E-state index is 13.5. The predicted molar refractivity (Wildman–Crippen MR) is 115 cm³/mol. The fourth-order valence-corrected chi connectivity index (χ4v) is 4.67. The van der Waals surface area contributed by atoms with Crippen molar-refractivity contribution in [3.05, 3.63) is 65.7 Å². The number of nitrogens with one attached hydrogen (secondary N) is 1. The van der Waals surface area contributed by atoms with E-state index in [4.69, 9.17) is 0 Å². The van der Waals surface area contributed by atoms with E-state index >= 15 is 0 Å². The van der Waals surface area contributed by atoms with Gasteiger partial charge in [0.25, 0.3) is 0 Å². The molecule has 3 amide bonds. The highest BCUT2D eigenvalue weighted by molar-refractivity contribution is 5.97. The molecular weight excluding hydrogens is 362 g/mol. The summed E-state index contributed by atoms with van der Waals surface area (Å²) < 4.78 is 0. The Morgan fingerprint density at radius 2 is 1.69 bits per heavy atom. The molecule has 0 radical (unpaired) electrons. The molecule has 2 aliphatic heterocycles. The molecule has 2 aliphatic rings. The Kier molecular flexibility index (Phi) is 5.56. The maximum absolute atomic E-state index is 13.5. The van der Waals surface area contributed by atoms with E-state index in [9.17, 15) is 9.59 Å². The molecule has 0 saturated carbocycles. The van der Waals surface area contributed by atoms with Crippen LogP contribution in [0.15, 0.2) is 54.6 Å². The molecule has 1 N–H and O–H groups in total. The summed E-state index contributed by atoms with van der Waals surface area (Å²) in [6.45, 7) is 4.14. The molecule has 152 valence electrons. The zero-order chi connectivity index (χ0) is 20.3. The summed E-state index contributed by atoms with van der Waals surface area (Å²) in [6, 6.07) is 17.9. The van der Waals surface area contributed by atoms with Crippen molar-refractivity contribution in [2.75, 3.05) is 25.0 Å². The molecule has 2 heterocycles. The lowest BCUT2D eigenvalue weighted by Crippen LogP contribution is -2.62. The number of piperidine rings is 1. The lowest BCUT2D eigenvalue weighted by molar-refractivity contribution is -0.145. The van der Waals surface area contributed by atoms with Crippen molar-refractivity contribution in [1.82, 2.24) is 9.80 Å². The molecule has 0 aromatic heterocycles. The third kappa shape index (κ3) is 4.00. The lowest BCUT2D eigenvalue weighted by atomic mass is 9.85. The van der Waals surface area contributed by atoms with Crippen LogP contribution in [-0.4, -0.2) is 46.9 Å². The fraction of sp³-hybridized carbons (Fsp3) is 0.417. The summed E-state index contributed by atoms with van der Waals surface area (Å²) in [5.41, 5.74) is 2.48. The van der Waals surface area contributed by atoms with Gasteiger partial charge in [0.05, 0.1) is 0 Å². The van der Waals surface area contributed by atoms with Crippen molar-refractivity contribution >= 4 is 17.6 Å². The Labute approximate surface area is 172 Å². The number of rotatable bonds is 4. The SMILES string of the molecule is Cc1ccc(NC(=O)N2CCCC23CCCN(CCc2ccccc2)C3=O)cc1. The average Bonchev–Trinajstić information content (AvgIpc) is 3.16. The number of hydrogen-bond donors (Lipinski definition) is 1. The summed E-state index contributed by atoms with van der Waals surface area (Å²) in [5, 5.41) is 2.99. The van der Waals surface area contributed by atoms with Crippen LogP contribution >= 0.6 is 0 Å². The fourth-order valence-electron chi connectivity index (χ4n) is 4.67. The molecule has 1 unspecified atom stereocenters. The number of benzene rings is 2. The monoisotopic (exact) mass is 391 g/mol. The first-order chi connectivity index (χ1) is 14.1. The van der Waals surface area contributed by atoms with Gasteiger partial charge in [-0.1, -0.05) is 48.0 Å². The van der Waals surface area contributed by atoms with Crippen LogP contribution in [-0.2, 0) is 11.2 Å². The third-order valence-electron chi connectivity index (χ3n) is 6.25.